The van der Waals surface area contributed by atoms with E-state index in [1.165, 1.54) is 0 Å². The maximum Gasteiger partial charge on any atom is 0.335 e. The molecule has 0 saturated heterocycles. The lowest BCUT2D eigenvalue weighted by molar-refractivity contribution is 0.0696. The molecule has 1 unspecified atom stereocenters. The van der Waals surface area contributed by atoms with Crippen molar-refractivity contribution in [3.05, 3.63) is 71.3 Å². The van der Waals surface area contributed by atoms with Gasteiger partial charge in [0.15, 0.2) is 0 Å². The third-order valence-electron chi connectivity index (χ3n) is 4.65. The Kier molecular flexibility index (Phi) is 4.37. The molecule has 3 aromatic rings. The van der Waals surface area contributed by atoms with Gasteiger partial charge in [-0.1, -0.05) is 12.1 Å². The predicted octanol–water partition coefficient (Wildman–Crippen LogP) is 2.35. The molecule has 4 rings (SSSR count). The third-order valence-corrected chi connectivity index (χ3v) is 4.65. The van der Waals surface area contributed by atoms with Crippen molar-refractivity contribution in [2.24, 2.45) is 0 Å². The first kappa shape index (κ1) is 16.9. The normalized spacial score (nSPS) is 15.8. The summed E-state index contributed by atoms with van der Waals surface area (Å²) < 4.78 is 1.81. The van der Waals surface area contributed by atoms with E-state index in [1.807, 2.05) is 12.1 Å². The Balaban J connectivity index is 1.47. The Bertz CT molecular complexity index is 982. The number of anilines is 1. The van der Waals surface area contributed by atoms with Gasteiger partial charge in [0.2, 0.25) is 5.95 Å². The molecule has 3 heterocycles. The minimum Gasteiger partial charge on any atom is -0.478 e. The Morgan fingerprint density at radius 2 is 1.81 bits per heavy atom. The first-order chi connectivity index (χ1) is 13.1. The number of rotatable bonds is 4. The molecule has 0 fully saturated rings. The summed E-state index contributed by atoms with van der Waals surface area (Å²) in [4.78, 5) is 31.5. The largest absolute Gasteiger partial charge is 0.478 e. The predicted molar refractivity (Wildman–Crippen MR) is 96.7 cm³/mol. The molecule has 2 aromatic heterocycles. The van der Waals surface area contributed by atoms with Crippen molar-refractivity contribution >= 4 is 17.8 Å². The van der Waals surface area contributed by atoms with Gasteiger partial charge in [0.25, 0.3) is 5.91 Å². The molecule has 1 aliphatic rings. The smallest absolute Gasteiger partial charge is 0.335 e. The number of fused-ring (bicyclic) bond motifs is 1. The number of carbonyl (C=O) groups excluding carboxylic acids is 1. The van der Waals surface area contributed by atoms with Crippen molar-refractivity contribution < 1.29 is 14.7 Å². The maximum absolute atomic E-state index is 12.2. The number of carbonyl (C=O) groups is 2. The molecule has 0 spiro atoms. The highest BCUT2D eigenvalue weighted by Gasteiger charge is 2.23. The number of aryl methyl sites for hydroxylation is 1. The number of hydrogen-bond acceptors (Lipinski definition) is 5. The summed E-state index contributed by atoms with van der Waals surface area (Å²) in [6, 6.07) is 10.2. The monoisotopic (exact) mass is 363 g/mol. The van der Waals surface area contributed by atoms with Crippen LogP contribution in [0.1, 0.15) is 44.4 Å². The lowest BCUT2D eigenvalue weighted by Gasteiger charge is -2.22. The Hall–Kier alpha value is -3.55. The van der Waals surface area contributed by atoms with Crippen LogP contribution in [0.15, 0.2) is 48.8 Å². The molecule has 1 aromatic carbocycles. The van der Waals surface area contributed by atoms with Crippen LogP contribution in [-0.2, 0) is 13.0 Å². The van der Waals surface area contributed by atoms with E-state index in [0.717, 1.165) is 24.2 Å². The number of nitrogens with zero attached hydrogens (tertiary/aromatic N) is 4. The zero-order valence-electron chi connectivity index (χ0n) is 14.4. The van der Waals surface area contributed by atoms with Crippen LogP contribution in [0.25, 0.3) is 0 Å². The molecule has 1 amide bonds. The molecule has 8 nitrogen and oxygen atoms in total. The van der Waals surface area contributed by atoms with Gasteiger partial charge in [-0.05, 0) is 36.2 Å². The molecule has 8 heteroatoms. The highest BCUT2D eigenvalue weighted by atomic mass is 16.4. The fourth-order valence-corrected chi connectivity index (χ4v) is 3.21. The van der Waals surface area contributed by atoms with Crippen LogP contribution in [0.2, 0.25) is 0 Å². The average Bonchev–Trinajstić information content (AvgIpc) is 3.10. The minimum atomic E-state index is -0.932. The fraction of sp³-hybridized carbons (Fsp3) is 0.211. The molecule has 0 bridgehead atoms. The van der Waals surface area contributed by atoms with Crippen LogP contribution in [0.4, 0.5) is 5.95 Å². The number of carboxylic acid groups (broad SMARTS) is 1. The first-order valence-corrected chi connectivity index (χ1v) is 8.58. The van der Waals surface area contributed by atoms with Gasteiger partial charge in [-0.25, -0.2) is 9.48 Å². The number of amides is 1. The SMILES string of the molecule is O=C(O)c1ccc(C2CCc3nc(NC(=O)c4ccncc4)nn3C2)cc1. The summed E-state index contributed by atoms with van der Waals surface area (Å²) in [7, 11) is 0. The third kappa shape index (κ3) is 3.55. The zero-order chi connectivity index (χ0) is 18.8. The maximum atomic E-state index is 12.2. The van der Waals surface area contributed by atoms with Gasteiger partial charge in [0.1, 0.15) is 5.82 Å². The van der Waals surface area contributed by atoms with Gasteiger partial charge in [0.05, 0.1) is 5.56 Å². The molecular formula is C19H17N5O3. The van der Waals surface area contributed by atoms with Crippen LogP contribution in [-0.4, -0.2) is 36.7 Å². The van der Waals surface area contributed by atoms with Crippen LogP contribution in [0.5, 0.6) is 0 Å². The van der Waals surface area contributed by atoms with E-state index in [2.05, 4.69) is 20.4 Å². The van der Waals surface area contributed by atoms with E-state index < -0.39 is 5.97 Å². The van der Waals surface area contributed by atoms with Crippen molar-refractivity contribution in [2.45, 2.75) is 25.3 Å². The molecule has 0 aliphatic carbocycles. The number of carboxylic acids is 1. The van der Waals surface area contributed by atoms with Gasteiger partial charge in [-0.2, -0.15) is 4.98 Å². The Labute approximate surface area is 154 Å². The Morgan fingerprint density at radius 1 is 1.07 bits per heavy atom. The summed E-state index contributed by atoms with van der Waals surface area (Å²) in [5.41, 5.74) is 1.84. The van der Waals surface area contributed by atoms with E-state index in [1.54, 1.807) is 41.3 Å². The Morgan fingerprint density at radius 3 is 2.52 bits per heavy atom. The summed E-state index contributed by atoms with van der Waals surface area (Å²) in [5.74, 6) is 0.136. The second-order valence-corrected chi connectivity index (χ2v) is 6.39. The second kappa shape index (κ2) is 6.99. The summed E-state index contributed by atoms with van der Waals surface area (Å²) in [6.45, 7) is 0.639. The quantitative estimate of drug-likeness (QED) is 0.736. The number of hydrogen-bond donors (Lipinski definition) is 2. The number of aromatic carboxylic acids is 1. The summed E-state index contributed by atoms with van der Waals surface area (Å²) in [6.07, 6.45) is 4.74. The van der Waals surface area contributed by atoms with E-state index >= 15 is 0 Å². The van der Waals surface area contributed by atoms with E-state index in [9.17, 15) is 9.59 Å². The molecule has 0 saturated carbocycles. The number of aromatic nitrogens is 4. The molecule has 2 N–H and O–H groups in total. The topological polar surface area (TPSA) is 110 Å². The van der Waals surface area contributed by atoms with Crippen LogP contribution in [0.3, 0.4) is 0 Å². The van der Waals surface area contributed by atoms with Gasteiger partial charge in [-0.3, -0.25) is 15.1 Å². The van der Waals surface area contributed by atoms with Crippen molar-refractivity contribution in [2.75, 3.05) is 5.32 Å². The summed E-state index contributed by atoms with van der Waals surface area (Å²) >= 11 is 0. The molecular weight excluding hydrogens is 346 g/mol. The van der Waals surface area contributed by atoms with Crippen LogP contribution < -0.4 is 5.32 Å². The molecule has 0 radical (unpaired) electrons. The van der Waals surface area contributed by atoms with Crippen LogP contribution in [0, 0.1) is 0 Å². The van der Waals surface area contributed by atoms with Crippen LogP contribution >= 0.6 is 0 Å². The molecule has 136 valence electrons. The van der Waals surface area contributed by atoms with Gasteiger partial charge >= 0.3 is 5.97 Å². The van der Waals surface area contributed by atoms with E-state index in [4.69, 9.17) is 5.11 Å². The van der Waals surface area contributed by atoms with Crippen molar-refractivity contribution in [1.82, 2.24) is 19.7 Å². The lowest BCUT2D eigenvalue weighted by Crippen LogP contribution is -2.20. The van der Waals surface area contributed by atoms with E-state index in [-0.39, 0.29) is 23.3 Å². The zero-order valence-corrected chi connectivity index (χ0v) is 14.4. The fourth-order valence-electron chi connectivity index (χ4n) is 3.21. The summed E-state index contributed by atoms with van der Waals surface area (Å²) in [5, 5.41) is 16.1. The van der Waals surface area contributed by atoms with Gasteiger partial charge in [-0.15, -0.1) is 5.10 Å². The number of pyridine rings is 1. The highest BCUT2D eigenvalue weighted by Crippen LogP contribution is 2.28. The van der Waals surface area contributed by atoms with Gasteiger partial charge in [0, 0.05) is 36.8 Å². The lowest BCUT2D eigenvalue weighted by atomic mass is 9.91. The molecule has 1 aliphatic heterocycles. The van der Waals surface area contributed by atoms with Crippen molar-refractivity contribution in [1.29, 1.82) is 0 Å². The molecule has 27 heavy (non-hydrogen) atoms. The first-order valence-electron chi connectivity index (χ1n) is 8.58. The van der Waals surface area contributed by atoms with Crippen molar-refractivity contribution in [3.8, 4) is 0 Å². The van der Waals surface area contributed by atoms with E-state index in [0.29, 0.717) is 12.1 Å². The highest BCUT2D eigenvalue weighted by molar-refractivity contribution is 6.03. The number of nitrogens with one attached hydrogen (secondary N) is 1. The standard InChI is InChI=1S/C19H17N5O3/c25-17(13-7-9-20-10-8-13)22-19-21-16-6-5-15(11-24(16)23-19)12-1-3-14(4-2-12)18(26)27/h1-4,7-10,15H,5-6,11H2,(H,26,27)(H,22,23,25). The molecule has 1 atom stereocenters. The second-order valence-electron chi connectivity index (χ2n) is 6.39. The van der Waals surface area contributed by atoms with Gasteiger partial charge < -0.3 is 5.11 Å². The minimum absolute atomic E-state index is 0.228. The van der Waals surface area contributed by atoms with Crippen molar-refractivity contribution in [3.63, 3.8) is 0 Å². The average molecular weight is 363 g/mol. The number of benzene rings is 1.